The second-order valence-electron chi connectivity index (χ2n) is 6.74. The molecule has 0 spiro atoms. The largest absolute Gasteiger partial charge is 0.293 e. The molecular weight excluding hydrogens is 466 g/mol. The van der Waals surface area contributed by atoms with Crippen molar-refractivity contribution >= 4 is 63.7 Å². The predicted molar refractivity (Wildman–Crippen MR) is 132 cm³/mol. The van der Waals surface area contributed by atoms with Crippen molar-refractivity contribution in [1.29, 1.82) is 0 Å². The molecule has 3 amide bonds. The van der Waals surface area contributed by atoms with Crippen LogP contribution in [0.15, 0.2) is 71.7 Å². The number of benzene rings is 2. The molecule has 0 radical (unpaired) electrons. The van der Waals surface area contributed by atoms with Crippen LogP contribution in [0.5, 0.6) is 0 Å². The van der Waals surface area contributed by atoms with E-state index < -0.39 is 5.91 Å². The van der Waals surface area contributed by atoms with Crippen LogP contribution in [0, 0.1) is 0 Å². The summed E-state index contributed by atoms with van der Waals surface area (Å²) >= 11 is 12.4. The zero-order valence-electron chi connectivity index (χ0n) is 16.9. The van der Waals surface area contributed by atoms with E-state index in [4.69, 9.17) is 23.8 Å². The fourth-order valence-corrected chi connectivity index (χ4v) is 4.26. The number of amides is 3. The van der Waals surface area contributed by atoms with Gasteiger partial charge >= 0.3 is 0 Å². The lowest BCUT2D eigenvalue weighted by molar-refractivity contribution is -0.124. The van der Waals surface area contributed by atoms with E-state index in [0.29, 0.717) is 32.8 Å². The highest BCUT2D eigenvalue weighted by Crippen LogP contribution is 2.31. The number of thioether (sulfide) groups is 1. The van der Waals surface area contributed by atoms with Crippen molar-refractivity contribution in [2.45, 2.75) is 12.8 Å². The first-order chi connectivity index (χ1) is 15.4. The molecule has 2 N–H and O–H groups in total. The number of hydrogen-bond donors (Lipinski definition) is 2. The SMILES string of the molecule is O=C(CCCN1C(=O)/C(=C/C=C/c2ccccc2)SC1=S)NNC(=O)c1cccc(Cl)c1. The first kappa shape index (κ1) is 23.7. The predicted octanol–water partition coefficient (Wildman–Crippen LogP) is 4.34. The van der Waals surface area contributed by atoms with Crippen molar-refractivity contribution in [2.24, 2.45) is 0 Å². The third kappa shape index (κ3) is 6.78. The Balaban J connectivity index is 1.43. The molecule has 2 aromatic carbocycles. The number of rotatable bonds is 7. The minimum Gasteiger partial charge on any atom is -0.293 e. The van der Waals surface area contributed by atoms with Gasteiger partial charge < -0.3 is 0 Å². The number of hydrogen-bond acceptors (Lipinski definition) is 5. The number of nitrogens with one attached hydrogen (secondary N) is 2. The van der Waals surface area contributed by atoms with Crippen molar-refractivity contribution in [2.75, 3.05) is 6.54 Å². The lowest BCUT2D eigenvalue weighted by Crippen LogP contribution is -2.41. The van der Waals surface area contributed by atoms with Crippen LogP contribution in [0.3, 0.4) is 0 Å². The number of allylic oxidation sites excluding steroid dienone is 2. The minimum atomic E-state index is -0.466. The first-order valence-electron chi connectivity index (χ1n) is 9.76. The van der Waals surface area contributed by atoms with E-state index in [2.05, 4.69) is 10.9 Å². The van der Waals surface area contributed by atoms with E-state index in [-0.39, 0.29) is 18.2 Å². The van der Waals surface area contributed by atoms with Crippen LogP contribution in [-0.4, -0.2) is 33.5 Å². The summed E-state index contributed by atoms with van der Waals surface area (Å²) in [6.07, 6.45) is 5.99. The van der Waals surface area contributed by atoms with Gasteiger partial charge in [-0.1, -0.05) is 84.1 Å². The Morgan fingerprint density at radius 2 is 1.88 bits per heavy atom. The Morgan fingerprint density at radius 3 is 2.62 bits per heavy atom. The van der Waals surface area contributed by atoms with Gasteiger partial charge in [-0.25, -0.2) is 0 Å². The van der Waals surface area contributed by atoms with Gasteiger partial charge in [0.05, 0.1) is 4.91 Å². The maximum absolute atomic E-state index is 12.6. The Labute approximate surface area is 200 Å². The van der Waals surface area contributed by atoms with E-state index >= 15 is 0 Å². The average molecular weight is 486 g/mol. The molecule has 32 heavy (non-hydrogen) atoms. The molecule has 1 aliphatic heterocycles. The highest BCUT2D eigenvalue weighted by molar-refractivity contribution is 8.26. The van der Waals surface area contributed by atoms with E-state index in [0.717, 1.165) is 5.56 Å². The van der Waals surface area contributed by atoms with Crippen LogP contribution in [0.2, 0.25) is 5.02 Å². The number of halogens is 1. The summed E-state index contributed by atoms with van der Waals surface area (Å²) in [6.45, 7) is 0.320. The third-order valence-electron chi connectivity index (χ3n) is 4.40. The molecule has 1 fully saturated rings. The van der Waals surface area contributed by atoms with Gasteiger partial charge in [0.15, 0.2) is 0 Å². The second-order valence-corrected chi connectivity index (χ2v) is 8.85. The fraction of sp³-hybridized carbons (Fsp3) is 0.130. The molecule has 0 aliphatic carbocycles. The zero-order valence-corrected chi connectivity index (χ0v) is 19.3. The molecule has 6 nitrogen and oxygen atoms in total. The van der Waals surface area contributed by atoms with E-state index in [1.807, 2.05) is 42.5 Å². The van der Waals surface area contributed by atoms with Gasteiger partial charge in [-0.05, 0) is 36.3 Å². The van der Waals surface area contributed by atoms with Crippen LogP contribution in [-0.2, 0) is 9.59 Å². The molecule has 0 bridgehead atoms. The summed E-state index contributed by atoms with van der Waals surface area (Å²) < 4.78 is 0.462. The van der Waals surface area contributed by atoms with E-state index in [1.54, 1.807) is 24.3 Å². The molecule has 3 rings (SSSR count). The van der Waals surface area contributed by atoms with Crippen LogP contribution >= 0.6 is 35.6 Å². The highest BCUT2D eigenvalue weighted by Gasteiger charge is 2.31. The van der Waals surface area contributed by atoms with Gasteiger partial charge in [-0.2, -0.15) is 0 Å². The number of hydrazine groups is 1. The standard InChI is InChI=1S/C23H20ClN3O3S2/c24-18-11-5-10-17(15-18)21(29)26-25-20(28)13-6-14-27-22(30)19(32-23(27)31)12-4-9-16-7-2-1-3-8-16/h1-5,7-12,15H,6,13-14H2,(H,25,28)(H,26,29)/b9-4+,19-12-. The third-order valence-corrected chi connectivity index (χ3v) is 6.03. The summed E-state index contributed by atoms with van der Waals surface area (Å²) in [4.78, 5) is 38.6. The summed E-state index contributed by atoms with van der Waals surface area (Å²) in [5.74, 6) is -1.01. The summed E-state index contributed by atoms with van der Waals surface area (Å²) in [7, 11) is 0. The van der Waals surface area contributed by atoms with Gasteiger partial charge in [-0.15, -0.1) is 0 Å². The van der Waals surface area contributed by atoms with Crippen LogP contribution in [0.4, 0.5) is 0 Å². The molecule has 164 valence electrons. The van der Waals surface area contributed by atoms with Crippen molar-refractivity contribution in [3.63, 3.8) is 0 Å². The van der Waals surface area contributed by atoms with E-state index in [1.165, 1.54) is 22.7 Å². The molecule has 0 atom stereocenters. The lowest BCUT2D eigenvalue weighted by atomic mass is 10.2. The summed E-state index contributed by atoms with van der Waals surface area (Å²) in [5.41, 5.74) is 6.07. The maximum Gasteiger partial charge on any atom is 0.269 e. The fourth-order valence-electron chi connectivity index (χ4n) is 2.81. The molecule has 1 saturated heterocycles. The number of carbonyl (C=O) groups is 3. The normalized spacial score (nSPS) is 14.9. The zero-order chi connectivity index (χ0) is 22.9. The molecule has 0 saturated carbocycles. The number of carbonyl (C=O) groups excluding carboxylic acids is 3. The molecule has 0 unspecified atom stereocenters. The van der Waals surface area contributed by atoms with Gasteiger partial charge in [0.2, 0.25) is 5.91 Å². The smallest absolute Gasteiger partial charge is 0.269 e. The van der Waals surface area contributed by atoms with Gasteiger partial charge in [0.25, 0.3) is 11.8 Å². The Hall–Kier alpha value is -2.94. The van der Waals surface area contributed by atoms with Gasteiger partial charge in [0.1, 0.15) is 4.32 Å². The van der Waals surface area contributed by atoms with E-state index in [9.17, 15) is 14.4 Å². The van der Waals surface area contributed by atoms with Crippen LogP contribution in [0.25, 0.3) is 6.08 Å². The topological polar surface area (TPSA) is 78.5 Å². The maximum atomic E-state index is 12.6. The van der Waals surface area contributed by atoms with Gasteiger partial charge in [0, 0.05) is 23.6 Å². The van der Waals surface area contributed by atoms with Crippen LogP contribution < -0.4 is 10.9 Å². The van der Waals surface area contributed by atoms with Crippen LogP contribution in [0.1, 0.15) is 28.8 Å². The first-order valence-corrected chi connectivity index (χ1v) is 11.4. The lowest BCUT2D eigenvalue weighted by Gasteiger charge is -2.14. The second kappa shape index (κ2) is 11.6. The van der Waals surface area contributed by atoms with Crippen molar-refractivity contribution < 1.29 is 14.4 Å². The Bertz CT molecular complexity index is 1090. The number of nitrogens with zero attached hydrogens (tertiary/aromatic N) is 1. The Morgan fingerprint density at radius 1 is 1.09 bits per heavy atom. The highest BCUT2D eigenvalue weighted by atomic mass is 35.5. The molecule has 1 heterocycles. The monoisotopic (exact) mass is 485 g/mol. The molecular formula is C23H20ClN3O3S2. The van der Waals surface area contributed by atoms with Crippen molar-refractivity contribution in [3.05, 3.63) is 87.8 Å². The minimum absolute atomic E-state index is 0.125. The molecule has 1 aliphatic rings. The number of thiocarbonyl (C=S) groups is 1. The Kier molecular flexibility index (Phi) is 8.61. The molecule has 0 aromatic heterocycles. The average Bonchev–Trinajstić information content (AvgIpc) is 3.05. The summed E-state index contributed by atoms with van der Waals surface area (Å²) in [6, 6.07) is 16.2. The van der Waals surface area contributed by atoms with Gasteiger partial charge in [-0.3, -0.25) is 30.1 Å². The summed E-state index contributed by atoms with van der Waals surface area (Å²) in [5, 5.41) is 0.428. The molecule has 9 heteroatoms. The molecule has 2 aromatic rings. The van der Waals surface area contributed by atoms with Crippen molar-refractivity contribution in [1.82, 2.24) is 15.8 Å². The quantitative estimate of drug-likeness (QED) is 0.346. The van der Waals surface area contributed by atoms with Crippen molar-refractivity contribution in [3.8, 4) is 0 Å².